The first-order valence-electron chi connectivity index (χ1n) is 6.77. The number of methoxy groups -OCH3 is 1. The van der Waals surface area contributed by atoms with E-state index in [0.29, 0.717) is 16.3 Å². The number of nitrogens with one attached hydrogen (secondary N) is 2. The second-order valence-electron chi connectivity index (χ2n) is 4.58. The van der Waals surface area contributed by atoms with E-state index in [-0.39, 0.29) is 18.2 Å². The number of rotatable bonds is 6. The Kier molecular flexibility index (Phi) is 5.82. The number of nitrogens with zero attached hydrogens (tertiary/aromatic N) is 1. The maximum absolute atomic E-state index is 11.7. The van der Waals surface area contributed by atoms with E-state index in [0.717, 1.165) is 5.69 Å². The lowest BCUT2D eigenvalue weighted by atomic mass is 10.2. The molecule has 3 N–H and O–H groups in total. The minimum absolute atomic E-state index is 0.0445. The first-order chi connectivity index (χ1) is 11.1. The molecule has 0 aromatic heterocycles. The smallest absolute Gasteiger partial charge is 0.259 e. The maximum atomic E-state index is 11.7. The fourth-order valence-corrected chi connectivity index (χ4v) is 1.85. The molecule has 23 heavy (non-hydrogen) atoms. The van der Waals surface area contributed by atoms with Crippen LogP contribution in [0.1, 0.15) is 5.56 Å². The van der Waals surface area contributed by atoms with Gasteiger partial charge in [0.1, 0.15) is 11.5 Å². The number of halogens is 1. The lowest BCUT2D eigenvalue weighted by Crippen LogP contribution is -2.25. The van der Waals surface area contributed by atoms with E-state index < -0.39 is 0 Å². The molecular weight excluding hydrogens is 318 g/mol. The highest BCUT2D eigenvalue weighted by atomic mass is 35.5. The van der Waals surface area contributed by atoms with Crippen LogP contribution in [0.2, 0.25) is 5.02 Å². The molecule has 0 fully saturated rings. The predicted octanol–water partition coefficient (Wildman–Crippen LogP) is 2.62. The third kappa shape index (κ3) is 5.19. The van der Waals surface area contributed by atoms with Crippen LogP contribution in [0.25, 0.3) is 0 Å². The van der Waals surface area contributed by atoms with E-state index >= 15 is 0 Å². The molecule has 0 heterocycles. The third-order valence-electron chi connectivity index (χ3n) is 2.92. The van der Waals surface area contributed by atoms with Crippen LogP contribution in [0.4, 0.5) is 5.69 Å². The van der Waals surface area contributed by atoms with Crippen LogP contribution in [-0.4, -0.2) is 30.9 Å². The van der Waals surface area contributed by atoms with Crippen molar-refractivity contribution in [1.29, 1.82) is 0 Å². The molecule has 6 nitrogen and oxygen atoms in total. The number of benzene rings is 2. The summed E-state index contributed by atoms with van der Waals surface area (Å²) in [6.45, 7) is 0.0586. The highest BCUT2D eigenvalue weighted by Gasteiger charge is 2.02. The van der Waals surface area contributed by atoms with E-state index in [9.17, 15) is 9.90 Å². The third-order valence-corrected chi connectivity index (χ3v) is 3.18. The molecule has 2 aromatic rings. The molecule has 0 aliphatic rings. The van der Waals surface area contributed by atoms with Gasteiger partial charge >= 0.3 is 0 Å². The largest absolute Gasteiger partial charge is 0.507 e. The van der Waals surface area contributed by atoms with E-state index in [1.54, 1.807) is 36.4 Å². The van der Waals surface area contributed by atoms with E-state index in [1.807, 2.05) is 0 Å². The molecule has 0 bridgehead atoms. The van der Waals surface area contributed by atoms with Crippen LogP contribution in [0.5, 0.6) is 11.5 Å². The summed E-state index contributed by atoms with van der Waals surface area (Å²) in [5, 5.41) is 17.1. The van der Waals surface area contributed by atoms with Crippen molar-refractivity contribution < 1.29 is 14.6 Å². The monoisotopic (exact) mass is 333 g/mol. The van der Waals surface area contributed by atoms with Gasteiger partial charge < -0.3 is 15.2 Å². The summed E-state index contributed by atoms with van der Waals surface area (Å²) < 4.78 is 5.05. The molecule has 0 aliphatic carbocycles. The lowest BCUT2D eigenvalue weighted by molar-refractivity contribution is -0.119. The quantitative estimate of drug-likeness (QED) is 0.560. The van der Waals surface area contributed by atoms with Crippen molar-refractivity contribution in [3.05, 3.63) is 53.1 Å². The van der Waals surface area contributed by atoms with Crippen molar-refractivity contribution in [2.45, 2.75) is 0 Å². The lowest BCUT2D eigenvalue weighted by Gasteiger charge is -2.05. The van der Waals surface area contributed by atoms with Gasteiger partial charge in [-0.1, -0.05) is 11.6 Å². The van der Waals surface area contributed by atoms with Crippen LogP contribution in [0.3, 0.4) is 0 Å². The maximum Gasteiger partial charge on any atom is 0.259 e. The Hall–Kier alpha value is -2.73. The van der Waals surface area contributed by atoms with Crippen molar-refractivity contribution >= 4 is 29.4 Å². The molecule has 7 heteroatoms. The second kappa shape index (κ2) is 8.05. The van der Waals surface area contributed by atoms with Gasteiger partial charge in [-0.25, -0.2) is 5.43 Å². The Labute approximate surface area is 138 Å². The number of aromatic hydroxyl groups is 1. The Morgan fingerprint density at radius 3 is 2.74 bits per heavy atom. The fourth-order valence-electron chi connectivity index (χ4n) is 1.73. The topological polar surface area (TPSA) is 83.0 Å². The van der Waals surface area contributed by atoms with E-state index in [2.05, 4.69) is 15.8 Å². The standard InChI is InChI=1S/C16H16ClN3O3/c1-23-14-6-7-15(21)11(8-14)9-19-20-16(22)10-18-13-4-2-12(17)3-5-13/h2-9,18,21H,10H2,1H3,(H,20,22)/b19-9+. The molecule has 0 spiro atoms. The highest BCUT2D eigenvalue weighted by molar-refractivity contribution is 6.30. The number of carbonyl (C=O) groups excluding carboxylic acids is 1. The number of phenolic OH excluding ortho intramolecular Hbond substituents is 1. The van der Waals surface area contributed by atoms with Gasteiger partial charge in [0.25, 0.3) is 5.91 Å². The number of hydrazone groups is 1. The Balaban J connectivity index is 1.85. The number of hydrogen-bond acceptors (Lipinski definition) is 5. The first-order valence-corrected chi connectivity index (χ1v) is 7.14. The first kappa shape index (κ1) is 16.6. The number of amides is 1. The average molecular weight is 334 g/mol. The Morgan fingerprint density at radius 1 is 1.30 bits per heavy atom. The number of phenols is 1. The number of anilines is 1. The van der Waals surface area contributed by atoms with Crippen LogP contribution in [0.15, 0.2) is 47.6 Å². The molecule has 2 aromatic carbocycles. The van der Waals surface area contributed by atoms with Crippen molar-refractivity contribution in [1.82, 2.24) is 5.43 Å². The summed E-state index contributed by atoms with van der Waals surface area (Å²) in [6.07, 6.45) is 1.35. The van der Waals surface area contributed by atoms with Gasteiger partial charge in [0.15, 0.2) is 0 Å². The zero-order chi connectivity index (χ0) is 16.7. The summed E-state index contributed by atoms with van der Waals surface area (Å²) in [5.41, 5.74) is 3.58. The van der Waals surface area contributed by atoms with Gasteiger partial charge in [0.05, 0.1) is 19.9 Å². The number of ether oxygens (including phenoxy) is 1. The SMILES string of the molecule is COc1ccc(O)c(/C=N/NC(=O)CNc2ccc(Cl)cc2)c1. The van der Waals surface area contributed by atoms with Crippen LogP contribution >= 0.6 is 11.6 Å². The van der Waals surface area contributed by atoms with Gasteiger partial charge in [-0.15, -0.1) is 0 Å². The molecule has 0 aliphatic heterocycles. The molecule has 0 saturated heterocycles. The molecule has 1 amide bonds. The molecule has 2 rings (SSSR count). The summed E-state index contributed by atoms with van der Waals surface area (Å²) in [7, 11) is 1.53. The Bertz CT molecular complexity index is 702. The van der Waals surface area contributed by atoms with Gasteiger partial charge in [0.2, 0.25) is 0 Å². The summed E-state index contributed by atoms with van der Waals surface area (Å²) in [6, 6.07) is 11.7. The fraction of sp³-hybridized carbons (Fsp3) is 0.125. The molecule has 0 radical (unpaired) electrons. The molecule has 0 saturated carbocycles. The molecule has 120 valence electrons. The second-order valence-corrected chi connectivity index (χ2v) is 5.01. The van der Waals surface area contributed by atoms with Crippen molar-refractivity contribution in [2.24, 2.45) is 5.10 Å². The number of carbonyl (C=O) groups is 1. The normalized spacial score (nSPS) is 10.5. The number of hydrogen-bond donors (Lipinski definition) is 3. The summed E-state index contributed by atoms with van der Waals surface area (Å²) >= 11 is 5.78. The zero-order valence-electron chi connectivity index (χ0n) is 12.4. The Morgan fingerprint density at radius 2 is 2.04 bits per heavy atom. The predicted molar refractivity (Wildman–Crippen MR) is 90.3 cm³/mol. The van der Waals surface area contributed by atoms with Gasteiger partial charge in [-0.2, -0.15) is 5.10 Å². The zero-order valence-corrected chi connectivity index (χ0v) is 13.2. The minimum atomic E-state index is -0.321. The minimum Gasteiger partial charge on any atom is -0.507 e. The van der Waals surface area contributed by atoms with Crippen molar-refractivity contribution in [3.8, 4) is 11.5 Å². The highest BCUT2D eigenvalue weighted by Crippen LogP contribution is 2.20. The van der Waals surface area contributed by atoms with Crippen molar-refractivity contribution in [2.75, 3.05) is 19.0 Å². The molecule has 0 unspecified atom stereocenters. The summed E-state index contributed by atoms with van der Waals surface area (Å²) in [4.78, 5) is 11.7. The summed E-state index contributed by atoms with van der Waals surface area (Å²) in [5.74, 6) is 0.307. The van der Waals surface area contributed by atoms with Crippen LogP contribution < -0.4 is 15.5 Å². The van der Waals surface area contributed by atoms with Crippen LogP contribution in [0, 0.1) is 0 Å². The molecular formula is C16H16ClN3O3. The molecule has 0 atom stereocenters. The van der Waals surface area contributed by atoms with E-state index in [4.69, 9.17) is 16.3 Å². The van der Waals surface area contributed by atoms with Gasteiger partial charge in [-0.3, -0.25) is 4.79 Å². The van der Waals surface area contributed by atoms with Gasteiger partial charge in [0, 0.05) is 16.3 Å². The average Bonchev–Trinajstić information content (AvgIpc) is 2.56. The van der Waals surface area contributed by atoms with Crippen LogP contribution in [-0.2, 0) is 4.79 Å². The van der Waals surface area contributed by atoms with Gasteiger partial charge in [-0.05, 0) is 42.5 Å². The van der Waals surface area contributed by atoms with E-state index in [1.165, 1.54) is 19.4 Å². The van der Waals surface area contributed by atoms with Crippen molar-refractivity contribution in [3.63, 3.8) is 0 Å².